The highest BCUT2D eigenvalue weighted by Gasteiger charge is 2.27. The quantitative estimate of drug-likeness (QED) is 0.942. The topological polar surface area (TPSA) is 72.1 Å². The summed E-state index contributed by atoms with van der Waals surface area (Å²) >= 11 is 1.64. The van der Waals surface area contributed by atoms with Gasteiger partial charge in [-0.2, -0.15) is 0 Å². The van der Waals surface area contributed by atoms with Crippen molar-refractivity contribution in [1.29, 1.82) is 0 Å². The molecule has 6 heteroatoms. The Morgan fingerprint density at radius 3 is 3.10 bits per heavy atom. The molecule has 0 spiro atoms. The standard InChI is InChI=1S/C15H20N4OS/c1-2-13-17-14(11-6-8-21-15(11)18-13)19-7-4-3-5-10(19)9-12(16)20/h6,8,10H,2-5,7,9H2,1H3,(H2,16,20). The molecule has 0 radical (unpaired) electrons. The van der Waals surface area contributed by atoms with E-state index in [1.54, 1.807) is 11.3 Å². The molecule has 1 amide bonds. The maximum absolute atomic E-state index is 11.3. The number of piperidine rings is 1. The second-order valence-electron chi connectivity index (χ2n) is 5.47. The van der Waals surface area contributed by atoms with Crippen LogP contribution in [0.4, 0.5) is 5.82 Å². The van der Waals surface area contributed by atoms with E-state index in [1.807, 2.05) is 0 Å². The Labute approximate surface area is 128 Å². The summed E-state index contributed by atoms with van der Waals surface area (Å²) in [5, 5.41) is 3.14. The monoisotopic (exact) mass is 304 g/mol. The van der Waals surface area contributed by atoms with Crippen molar-refractivity contribution in [2.45, 2.75) is 45.1 Å². The molecule has 21 heavy (non-hydrogen) atoms. The van der Waals surface area contributed by atoms with E-state index < -0.39 is 0 Å². The van der Waals surface area contributed by atoms with Crippen LogP contribution in [-0.2, 0) is 11.2 Å². The number of nitrogens with zero attached hydrogens (tertiary/aromatic N) is 3. The zero-order valence-corrected chi connectivity index (χ0v) is 13.0. The van der Waals surface area contributed by atoms with Gasteiger partial charge in [-0.15, -0.1) is 11.3 Å². The Bertz CT molecular complexity index is 654. The van der Waals surface area contributed by atoms with E-state index >= 15 is 0 Å². The Balaban J connectivity index is 2.03. The molecule has 1 fully saturated rings. The van der Waals surface area contributed by atoms with Gasteiger partial charge in [0.25, 0.3) is 0 Å². The van der Waals surface area contributed by atoms with Crippen LogP contribution in [0.25, 0.3) is 10.2 Å². The van der Waals surface area contributed by atoms with Crippen LogP contribution in [-0.4, -0.2) is 28.5 Å². The van der Waals surface area contributed by atoms with Crippen LogP contribution in [0, 0.1) is 0 Å². The first kappa shape index (κ1) is 14.3. The summed E-state index contributed by atoms with van der Waals surface area (Å²) in [7, 11) is 0. The molecule has 1 atom stereocenters. The van der Waals surface area contributed by atoms with Gasteiger partial charge in [0.15, 0.2) is 0 Å². The molecule has 3 heterocycles. The fraction of sp³-hybridized carbons (Fsp3) is 0.533. The van der Waals surface area contributed by atoms with Crippen LogP contribution >= 0.6 is 11.3 Å². The number of anilines is 1. The van der Waals surface area contributed by atoms with Crippen molar-refractivity contribution >= 4 is 33.3 Å². The number of nitrogens with two attached hydrogens (primary N) is 1. The van der Waals surface area contributed by atoms with Crippen LogP contribution < -0.4 is 10.6 Å². The summed E-state index contributed by atoms with van der Waals surface area (Å²) in [6.45, 7) is 3.00. The highest BCUT2D eigenvalue weighted by Crippen LogP contribution is 2.32. The second kappa shape index (κ2) is 5.97. The number of aryl methyl sites for hydroxylation is 1. The van der Waals surface area contributed by atoms with E-state index in [0.29, 0.717) is 6.42 Å². The molecule has 0 saturated carbocycles. The molecule has 1 aliphatic rings. The summed E-state index contributed by atoms with van der Waals surface area (Å²) in [4.78, 5) is 24.0. The van der Waals surface area contributed by atoms with Crippen molar-refractivity contribution in [1.82, 2.24) is 9.97 Å². The number of primary amides is 1. The van der Waals surface area contributed by atoms with Crippen molar-refractivity contribution in [2.75, 3.05) is 11.4 Å². The zero-order valence-electron chi connectivity index (χ0n) is 12.2. The number of hydrogen-bond donors (Lipinski definition) is 1. The lowest BCUT2D eigenvalue weighted by molar-refractivity contribution is -0.118. The summed E-state index contributed by atoms with van der Waals surface area (Å²) in [6, 6.07) is 2.24. The molecule has 0 aliphatic carbocycles. The van der Waals surface area contributed by atoms with Crippen LogP contribution in [0.1, 0.15) is 38.4 Å². The fourth-order valence-electron chi connectivity index (χ4n) is 2.98. The summed E-state index contributed by atoms with van der Waals surface area (Å²) in [6.07, 6.45) is 4.49. The van der Waals surface area contributed by atoms with E-state index in [-0.39, 0.29) is 11.9 Å². The SMILES string of the molecule is CCc1nc(N2CCCCC2CC(N)=O)c2ccsc2n1. The maximum atomic E-state index is 11.3. The third-order valence-corrected chi connectivity index (χ3v) is 4.81. The summed E-state index contributed by atoms with van der Waals surface area (Å²) in [5.41, 5.74) is 5.42. The highest BCUT2D eigenvalue weighted by molar-refractivity contribution is 7.16. The number of carbonyl (C=O) groups excluding carboxylic acids is 1. The van der Waals surface area contributed by atoms with Crippen molar-refractivity contribution < 1.29 is 4.79 Å². The average Bonchev–Trinajstić information content (AvgIpc) is 2.94. The van der Waals surface area contributed by atoms with E-state index in [1.165, 1.54) is 0 Å². The van der Waals surface area contributed by atoms with Gasteiger partial charge in [0.05, 0.1) is 5.39 Å². The molecule has 0 bridgehead atoms. The number of carbonyl (C=O) groups is 1. The second-order valence-corrected chi connectivity index (χ2v) is 6.36. The zero-order chi connectivity index (χ0) is 14.8. The van der Waals surface area contributed by atoms with Crippen LogP contribution in [0.2, 0.25) is 0 Å². The minimum atomic E-state index is -0.238. The predicted molar refractivity (Wildman–Crippen MR) is 85.6 cm³/mol. The number of aromatic nitrogens is 2. The van der Waals surface area contributed by atoms with Gasteiger partial charge < -0.3 is 10.6 Å². The third-order valence-electron chi connectivity index (χ3n) is 4.00. The molecule has 5 nitrogen and oxygen atoms in total. The minimum absolute atomic E-state index is 0.166. The van der Waals surface area contributed by atoms with Crippen molar-refractivity contribution in [2.24, 2.45) is 5.73 Å². The van der Waals surface area contributed by atoms with Gasteiger partial charge in [-0.1, -0.05) is 6.92 Å². The number of rotatable bonds is 4. The molecule has 1 aliphatic heterocycles. The van der Waals surface area contributed by atoms with Gasteiger partial charge >= 0.3 is 0 Å². The van der Waals surface area contributed by atoms with E-state index in [4.69, 9.17) is 10.7 Å². The number of amides is 1. The average molecular weight is 304 g/mol. The third kappa shape index (κ3) is 2.85. The molecule has 2 aromatic heterocycles. The van der Waals surface area contributed by atoms with Gasteiger partial charge in [0, 0.05) is 25.4 Å². The molecule has 1 unspecified atom stereocenters. The lowest BCUT2D eigenvalue weighted by Gasteiger charge is -2.36. The van der Waals surface area contributed by atoms with E-state index in [0.717, 1.165) is 54.1 Å². The first-order valence-electron chi connectivity index (χ1n) is 7.48. The van der Waals surface area contributed by atoms with Gasteiger partial charge in [-0.25, -0.2) is 9.97 Å². The number of thiophene rings is 1. The molecule has 3 rings (SSSR count). The maximum Gasteiger partial charge on any atom is 0.219 e. The fourth-order valence-corrected chi connectivity index (χ4v) is 3.76. The summed E-state index contributed by atoms with van der Waals surface area (Å²) < 4.78 is 0. The lowest BCUT2D eigenvalue weighted by atomic mass is 9.99. The van der Waals surface area contributed by atoms with Crippen LogP contribution in [0.15, 0.2) is 11.4 Å². The van der Waals surface area contributed by atoms with Crippen LogP contribution in [0.3, 0.4) is 0 Å². The Morgan fingerprint density at radius 1 is 1.48 bits per heavy atom. The lowest BCUT2D eigenvalue weighted by Crippen LogP contribution is -2.42. The smallest absolute Gasteiger partial charge is 0.219 e. The Kier molecular flexibility index (Phi) is 4.05. The van der Waals surface area contributed by atoms with Crippen LogP contribution in [0.5, 0.6) is 0 Å². The highest BCUT2D eigenvalue weighted by atomic mass is 32.1. The first-order chi connectivity index (χ1) is 10.2. The van der Waals surface area contributed by atoms with E-state index in [9.17, 15) is 4.79 Å². The first-order valence-corrected chi connectivity index (χ1v) is 8.36. The minimum Gasteiger partial charge on any atom is -0.370 e. The molecule has 1 saturated heterocycles. The van der Waals surface area contributed by atoms with Gasteiger partial charge in [-0.3, -0.25) is 4.79 Å². The predicted octanol–water partition coefficient (Wildman–Crippen LogP) is 2.49. The largest absolute Gasteiger partial charge is 0.370 e. The van der Waals surface area contributed by atoms with Crippen molar-refractivity contribution in [3.63, 3.8) is 0 Å². The molecule has 2 aromatic rings. The van der Waals surface area contributed by atoms with Gasteiger partial charge in [0.2, 0.25) is 5.91 Å². The molecular weight excluding hydrogens is 284 g/mol. The number of fused-ring (bicyclic) bond motifs is 1. The Hall–Kier alpha value is -1.69. The molecule has 0 aromatic carbocycles. The molecule has 112 valence electrons. The van der Waals surface area contributed by atoms with E-state index in [2.05, 4.69) is 28.3 Å². The van der Waals surface area contributed by atoms with Crippen molar-refractivity contribution in [3.05, 3.63) is 17.3 Å². The summed E-state index contributed by atoms with van der Waals surface area (Å²) in [5.74, 6) is 1.60. The molecule has 2 N–H and O–H groups in total. The Morgan fingerprint density at radius 2 is 2.33 bits per heavy atom. The molecular formula is C15H20N4OS. The number of hydrogen-bond acceptors (Lipinski definition) is 5. The van der Waals surface area contributed by atoms with Crippen molar-refractivity contribution in [3.8, 4) is 0 Å². The van der Waals surface area contributed by atoms with Gasteiger partial charge in [-0.05, 0) is 30.7 Å². The van der Waals surface area contributed by atoms with Gasteiger partial charge in [0.1, 0.15) is 16.5 Å². The normalized spacial score (nSPS) is 19.1.